The molecule has 9 aromatic carbocycles. The summed E-state index contributed by atoms with van der Waals surface area (Å²) in [6.07, 6.45) is -13.0. The van der Waals surface area contributed by atoms with Gasteiger partial charge >= 0.3 is 0 Å². The molecule has 0 radical (unpaired) electrons. The van der Waals surface area contributed by atoms with Crippen LogP contribution in [-0.2, 0) is 45.2 Å². The maximum atomic E-state index is 12.3. The largest absolute Gasteiger partial charge is 0.394 e. The van der Waals surface area contributed by atoms with Crippen LogP contribution in [0.2, 0.25) is 0 Å². The first-order valence-corrected chi connectivity index (χ1v) is 29.1. The minimum Gasteiger partial charge on any atom is -0.394 e. The Morgan fingerprint density at radius 2 is 0.800 bits per heavy atom. The molecule has 1 unspecified atom stereocenters. The van der Waals surface area contributed by atoms with Gasteiger partial charge < -0.3 is 54.0 Å². The first-order valence-electron chi connectivity index (χ1n) is 29.1. The van der Waals surface area contributed by atoms with E-state index in [-0.39, 0.29) is 0 Å². The third-order valence-corrected chi connectivity index (χ3v) is 17.5. The standard InChI is InChI=1S/C74H74O11/c1-49-41-43-61(45-51(49)3)74(60-39-25-12-26-40-60,62-44-42-50(2)52(4)53(62)5)80-48-71(85-70-67(79)66(78)65(77)63(46-75)81-70)69(84-73(57-33-19-9-20-34-57,58-35-21-10-22-36-58)59-37-23-11-24-38-59)68(64(47-76)82-71)83-72(54-27-13-6-14-28-54,55-29-15-7-16-30-55)56-31-17-8-18-32-56/h6-45,63-70,75-79H,46-48H2,1-5H3/t63-,64-,65-,66+,67-,68-,69+,70-,71+,74?/m1/s1. The number of ether oxygens (including phenoxy) is 6. The molecule has 2 aliphatic heterocycles. The van der Waals surface area contributed by atoms with Gasteiger partial charge in [-0.2, -0.15) is 0 Å². The van der Waals surface area contributed by atoms with Crippen molar-refractivity contribution in [3.8, 4) is 0 Å². The number of aliphatic hydroxyl groups is 5. The van der Waals surface area contributed by atoms with Crippen molar-refractivity contribution in [2.75, 3.05) is 19.8 Å². The number of aliphatic hydroxyl groups excluding tert-OH is 5. The summed E-state index contributed by atoms with van der Waals surface area (Å²) >= 11 is 0. The van der Waals surface area contributed by atoms with Crippen LogP contribution in [0.5, 0.6) is 0 Å². The molecule has 0 aromatic heterocycles. The van der Waals surface area contributed by atoms with E-state index in [9.17, 15) is 25.5 Å². The van der Waals surface area contributed by atoms with Crippen LogP contribution in [0.25, 0.3) is 0 Å². The summed E-state index contributed by atoms with van der Waals surface area (Å²) in [5.41, 5.74) is 7.39. The molecule has 0 spiro atoms. The molecule has 0 bridgehead atoms. The van der Waals surface area contributed by atoms with Gasteiger partial charge in [0, 0.05) is 0 Å². The molecular weight excluding hydrogens is 1060 g/mol. The average molecular weight is 1140 g/mol. The average Bonchev–Trinajstić information content (AvgIpc) is 1.79. The Bertz CT molecular complexity index is 3420. The van der Waals surface area contributed by atoms with Gasteiger partial charge in [-0.25, -0.2) is 0 Å². The summed E-state index contributed by atoms with van der Waals surface area (Å²) in [6.45, 7) is 8.44. The molecule has 11 heteroatoms. The van der Waals surface area contributed by atoms with Crippen LogP contribution in [0, 0.1) is 34.6 Å². The molecule has 5 N–H and O–H groups in total. The lowest BCUT2D eigenvalue weighted by Crippen LogP contribution is -2.64. The van der Waals surface area contributed by atoms with Gasteiger partial charge in [0.1, 0.15) is 66.1 Å². The molecule has 11 nitrogen and oxygen atoms in total. The summed E-state index contributed by atoms with van der Waals surface area (Å²) in [6, 6.07) is 79.5. The quantitative estimate of drug-likeness (QED) is 0.0463. The van der Waals surface area contributed by atoms with Crippen molar-refractivity contribution in [1.29, 1.82) is 0 Å². The third kappa shape index (κ3) is 10.9. The Kier molecular flexibility index (Phi) is 17.6. The molecule has 436 valence electrons. The maximum Gasteiger partial charge on any atom is 0.224 e. The van der Waals surface area contributed by atoms with Crippen LogP contribution in [-0.4, -0.2) is 100 Å². The predicted octanol–water partition coefficient (Wildman–Crippen LogP) is 11.2. The minimum absolute atomic E-state index is 0.555. The van der Waals surface area contributed by atoms with Crippen molar-refractivity contribution in [3.63, 3.8) is 0 Å². The van der Waals surface area contributed by atoms with Crippen LogP contribution in [0.15, 0.2) is 243 Å². The van der Waals surface area contributed by atoms with E-state index in [1.807, 2.05) is 212 Å². The van der Waals surface area contributed by atoms with Gasteiger partial charge in [-0.05, 0) is 113 Å². The topological polar surface area (TPSA) is 157 Å². The highest BCUT2D eigenvalue weighted by molar-refractivity contribution is 5.55. The Morgan fingerprint density at radius 3 is 1.21 bits per heavy atom. The molecule has 9 aromatic rings. The summed E-state index contributed by atoms with van der Waals surface area (Å²) in [7, 11) is 0. The van der Waals surface area contributed by atoms with Crippen molar-refractivity contribution < 1.29 is 54.0 Å². The van der Waals surface area contributed by atoms with Crippen LogP contribution in [0.4, 0.5) is 0 Å². The number of aryl methyl sites for hydroxylation is 3. The van der Waals surface area contributed by atoms with Gasteiger partial charge in [0.05, 0.1) is 13.2 Å². The fraction of sp³-hybridized carbons (Fsp3) is 0.270. The van der Waals surface area contributed by atoms with E-state index in [0.717, 1.165) is 61.2 Å². The second-order valence-electron chi connectivity index (χ2n) is 22.5. The van der Waals surface area contributed by atoms with Crippen LogP contribution in [0.3, 0.4) is 0 Å². The van der Waals surface area contributed by atoms with E-state index < -0.39 is 91.4 Å². The van der Waals surface area contributed by atoms with Gasteiger partial charge in [-0.15, -0.1) is 0 Å². The molecule has 85 heavy (non-hydrogen) atoms. The number of benzene rings is 9. The van der Waals surface area contributed by atoms with E-state index in [1.54, 1.807) is 0 Å². The maximum absolute atomic E-state index is 12.3. The van der Waals surface area contributed by atoms with Crippen LogP contribution < -0.4 is 0 Å². The summed E-state index contributed by atoms with van der Waals surface area (Å²) in [5.74, 6) is -2.36. The number of hydrogen-bond acceptors (Lipinski definition) is 11. The Balaban J connectivity index is 1.25. The lowest BCUT2D eigenvalue weighted by atomic mass is 9.76. The van der Waals surface area contributed by atoms with Crippen LogP contribution >= 0.6 is 0 Å². The van der Waals surface area contributed by atoms with E-state index in [2.05, 4.69) is 65.0 Å². The normalized spacial score (nSPS) is 23.3. The SMILES string of the molecule is Cc1ccc(C(OC[C@@]2(O[C@H]3O[C@H](CO)[C@@H](O)[C@H](O)[C@H]3O)O[C@H](CO)[C@@H](OC(c3ccccc3)(c3ccccc3)c3ccccc3)[C@@H]2OC(c2ccccc2)(c2ccccc2)c2ccccc2)(c2ccccc2)c2ccc(C)c(C)c2C)cc1C. The third-order valence-electron chi connectivity index (χ3n) is 17.5. The van der Waals surface area contributed by atoms with Crippen LogP contribution in [0.1, 0.15) is 77.9 Å². The molecule has 0 amide bonds. The van der Waals surface area contributed by atoms with Gasteiger partial charge in [0.15, 0.2) is 6.29 Å². The fourth-order valence-corrected chi connectivity index (χ4v) is 12.6. The second-order valence-corrected chi connectivity index (χ2v) is 22.5. The van der Waals surface area contributed by atoms with Gasteiger partial charge in [-0.3, -0.25) is 0 Å². The molecule has 2 saturated heterocycles. The number of rotatable bonds is 20. The fourth-order valence-electron chi connectivity index (χ4n) is 12.6. The second kappa shape index (κ2) is 25.2. The molecule has 2 heterocycles. The predicted molar refractivity (Wildman–Crippen MR) is 327 cm³/mol. The molecule has 11 rings (SSSR count). The highest BCUT2D eigenvalue weighted by atomic mass is 16.8. The Labute approximate surface area is 498 Å². The van der Waals surface area contributed by atoms with E-state index in [0.29, 0.717) is 16.7 Å². The van der Waals surface area contributed by atoms with Gasteiger partial charge in [0.25, 0.3) is 0 Å². The summed E-state index contributed by atoms with van der Waals surface area (Å²) in [5, 5.41) is 58.5. The van der Waals surface area contributed by atoms with Crippen molar-refractivity contribution in [3.05, 3.63) is 321 Å². The molecule has 2 fully saturated rings. The van der Waals surface area contributed by atoms with Crippen molar-refractivity contribution >= 4 is 0 Å². The minimum atomic E-state index is -2.36. The number of hydrogen-bond donors (Lipinski definition) is 5. The lowest BCUT2D eigenvalue weighted by molar-refractivity contribution is -0.393. The molecular formula is C74H74O11. The zero-order valence-electron chi connectivity index (χ0n) is 48.5. The first-order chi connectivity index (χ1) is 41.3. The summed E-state index contributed by atoms with van der Waals surface area (Å²) in [4.78, 5) is 0. The van der Waals surface area contributed by atoms with E-state index >= 15 is 0 Å². The van der Waals surface area contributed by atoms with E-state index in [1.165, 1.54) is 0 Å². The molecule has 0 aliphatic carbocycles. The highest BCUT2D eigenvalue weighted by Crippen LogP contribution is 2.53. The molecule has 2 aliphatic rings. The van der Waals surface area contributed by atoms with Gasteiger partial charge in [-0.1, -0.05) is 243 Å². The van der Waals surface area contributed by atoms with E-state index in [4.69, 9.17) is 28.4 Å². The zero-order chi connectivity index (χ0) is 59.3. The smallest absolute Gasteiger partial charge is 0.224 e. The molecule has 10 atom stereocenters. The van der Waals surface area contributed by atoms with Gasteiger partial charge in [0.2, 0.25) is 5.79 Å². The first kappa shape index (κ1) is 59.3. The highest BCUT2D eigenvalue weighted by Gasteiger charge is 2.65. The Morgan fingerprint density at radius 1 is 0.400 bits per heavy atom. The molecule has 0 saturated carbocycles. The van der Waals surface area contributed by atoms with Crippen molar-refractivity contribution in [2.24, 2.45) is 0 Å². The lowest BCUT2D eigenvalue weighted by Gasteiger charge is -2.48. The Hall–Kier alpha value is -7.46. The summed E-state index contributed by atoms with van der Waals surface area (Å²) < 4.78 is 46.0. The zero-order valence-corrected chi connectivity index (χ0v) is 48.5. The van der Waals surface area contributed by atoms with Crippen molar-refractivity contribution in [2.45, 2.75) is 106 Å². The van der Waals surface area contributed by atoms with Crippen molar-refractivity contribution in [1.82, 2.24) is 0 Å². The monoisotopic (exact) mass is 1140 g/mol.